The van der Waals surface area contributed by atoms with Gasteiger partial charge < -0.3 is 5.32 Å². The van der Waals surface area contributed by atoms with Gasteiger partial charge in [0, 0.05) is 22.8 Å². The van der Waals surface area contributed by atoms with E-state index in [1.165, 1.54) is 23.5 Å². The van der Waals surface area contributed by atoms with E-state index in [0.717, 1.165) is 11.3 Å². The number of amides is 1. The van der Waals surface area contributed by atoms with E-state index < -0.39 is 21.1 Å². The summed E-state index contributed by atoms with van der Waals surface area (Å²) in [6.45, 7) is 0. The topological polar surface area (TPSA) is 101 Å². The lowest BCUT2D eigenvalue weighted by Gasteiger charge is -2.27. The minimum absolute atomic E-state index is 0.111. The Bertz CT molecular complexity index is 1420. The van der Waals surface area contributed by atoms with E-state index in [2.05, 4.69) is 20.6 Å². The van der Waals surface area contributed by atoms with Crippen molar-refractivity contribution in [2.75, 3.05) is 10.6 Å². The number of aromatic nitrogens is 2. The molecule has 0 bridgehead atoms. The van der Waals surface area contributed by atoms with Crippen LogP contribution in [-0.4, -0.2) is 29.7 Å². The molecule has 4 aromatic rings. The molecule has 1 aliphatic rings. The largest absolute Gasteiger partial charge is 0.369 e. The van der Waals surface area contributed by atoms with E-state index in [-0.39, 0.29) is 10.5 Å². The second-order valence-corrected chi connectivity index (χ2v) is 10.6. The number of aryl methyl sites for hydroxylation is 1. The monoisotopic (exact) mass is 476 g/mol. The molecule has 0 saturated heterocycles. The Kier molecular flexibility index (Phi) is 5.65. The van der Waals surface area contributed by atoms with Crippen LogP contribution in [0.5, 0.6) is 0 Å². The second kappa shape index (κ2) is 8.76. The number of fused-ring (bicyclic) bond motifs is 1. The third-order valence-corrected chi connectivity index (χ3v) is 8.23. The minimum atomic E-state index is -3.68. The van der Waals surface area contributed by atoms with Gasteiger partial charge in [0.25, 0.3) is 5.91 Å². The maximum absolute atomic E-state index is 13.3. The Morgan fingerprint density at radius 3 is 2.73 bits per heavy atom. The molecule has 0 radical (unpaired) electrons. The van der Waals surface area contributed by atoms with Crippen molar-refractivity contribution in [1.29, 1.82) is 0 Å². The average Bonchev–Trinajstić information content (AvgIpc) is 3.33. The van der Waals surface area contributed by atoms with Crippen LogP contribution in [0.25, 0.3) is 11.4 Å². The van der Waals surface area contributed by atoms with E-state index in [1.54, 1.807) is 18.3 Å². The first kappa shape index (κ1) is 21.3. The Morgan fingerprint density at radius 2 is 1.88 bits per heavy atom. The molecule has 1 amide bonds. The molecule has 3 heterocycles. The molecule has 166 valence electrons. The smallest absolute Gasteiger partial charge is 0.257 e. The van der Waals surface area contributed by atoms with E-state index in [1.807, 2.05) is 47.8 Å². The average molecular weight is 477 g/mol. The summed E-state index contributed by atoms with van der Waals surface area (Å²) in [5, 5.41) is 7.37. The standard InChI is InChI=1S/C24H20N4O3S2/c29-23(28-24-27-21(15-32-24)20-10-3-4-13-25-20)17-7-5-8-18(14-17)33(30,31)22-12-11-16-6-1-2-9-19(16)26-22/h1-10,13-15,22,26H,11-12H2,(H,27,28,29). The number of thiazole rings is 1. The van der Waals surface area contributed by atoms with Crippen LogP contribution in [0.3, 0.4) is 0 Å². The third-order valence-electron chi connectivity index (χ3n) is 5.46. The molecule has 1 unspecified atom stereocenters. The zero-order chi connectivity index (χ0) is 22.8. The highest BCUT2D eigenvalue weighted by Crippen LogP contribution is 2.30. The number of hydrogen-bond donors (Lipinski definition) is 2. The van der Waals surface area contributed by atoms with Crippen molar-refractivity contribution in [3.8, 4) is 11.4 Å². The summed E-state index contributed by atoms with van der Waals surface area (Å²) in [7, 11) is -3.68. The van der Waals surface area contributed by atoms with Crippen molar-refractivity contribution in [2.45, 2.75) is 23.1 Å². The molecular weight excluding hydrogens is 456 g/mol. The summed E-state index contributed by atoms with van der Waals surface area (Å²) in [5.74, 6) is -0.420. The lowest BCUT2D eigenvalue weighted by Crippen LogP contribution is -2.33. The first-order chi connectivity index (χ1) is 16.0. The number of nitrogens with one attached hydrogen (secondary N) is 2. The number of hydrogen-bond acceptors (Lipinski definition) is 7. The fourth-order valence-corrected chi connectivity index (χ4v) is 6.05. The van der Waals surface area contributed by atoms with Crippen molar-refractivity contribution in [3.05, 3.63) is 89.4 Å². The van der Waals surface area contributed by atoms with Gasteiger partial charge in [-0.15, -0.1) is 11.3 Å². The zero-order valence-electron chi connectivity index (χ0n) is 17.4. The van der Waals surface area contributed by atoms with Gasteiger partial charge in [-0.2, -0.15) is 0 Å². The van der Waals surface area contributed by atoms with Gasteiger partial charge in [-0.1, -0.05) is 30.3 Å². The van der Waals surface area contributed by atoms with Gasteiger partial charge >= 0.3 is 0 Å². The van der Waals surface area contributed by atoms with Gasteiger partial charge in [-0.05, 0) is 54.8 Å². The number of para-hydroxylation sites is 1. The number of benzene rings is 2. The van der Waals surface area contributed by atoms with E-state index in [0.29, 0.717) is 29.4 Å². The van der Waals surface area contributed by atoms with Crippen molar-refractivity contribution < 1.29 is 13.2 Å². The van der Waals surface area contributed by atoms with Gasteiger partial charge in [-0.3, -0.25) is 15.1 Å². The number of sulfone groups is 1. The molecule has 0 fully saturated rings. The lowest BCUT2D eigenvalue weighted by molar-refractivity contribution is 0.102. The number of nitrogens with zero attached hydrogens (tertiary/aromatic N) is 2. The summed E-state index contributed by atoms with van der Waals surface area (Å²) in [6.07, 6.45) is 2.82. The lowest BCUT2D eigenvalue weighted by atomic mass is 10.0. The van der Waals surface area contributed by atoms with Gasteiger partial charge in [-0.25, -0.2) is 13.4 Å². The highest BCUT2D eigenvalue weighted by atomic mass is 32.2. The van der Waals surface area contributed by atoms with E-state index in [4.69, 9.17) is 0 Å². The van der Waals surface area contributed by atoms with Crippen LogP contribution in [-0.2, 0) is 16.3 Å². The molecule has 1 atom stereocenters. The molecule has 0 aliphatic carbocycles. The highest BCUT2D eigenvalue weighted by Gasteiger charge is 2.31. The maximum atomic E-state index is 13.3. The number of rotatable bonds is 5. The molecule has 0 saturated carbocycles. The molecule has 2 aromatic carbocycles. The molecule has 9 heteroatoms. The van der Waals surface area contributed by atoms with Gasteiger partial charge in [0.05, 0.1) is 10.6 Å². The fourth-order valence-electron chi connectivity index (χ4n) is 3.75. The fraction of sp³-hybridized carbons (Fsp3) is 0.125. The number of carbonyl (C=O) groups is 1. The molecule has 5 rings (SSSR count). The molecule has 7 nitrogen and oxygen atoms in total. The van der Waals surface area contributed by atoms with Crippen LogP contribution < -0.4 is 10.6 Å². The Labute approximate surface area is 195 Å². The van der Waals surface area contributed by atoms with Crippen LogP contribution in [0.2, 0.25) is 0 Å². The van der Waals surface area contributed by atoms with Crippen molar-refractivity contribution in [2.24, 2.45) is 0 Å². The molecule has 2 aromatic heterocycles. The predicted molar refractivity (Wildman–Crippen MR) is 129 cm³/mol. The van der Waals surface area contributed by atoms with Gasteiger partial charge in [0.1, 0.15) is 11.1 Å². The SMILES string of the molecule is O=C(Nc1nc(-c2ccccn2)cs1)c1cccc(S(=O)(=O)C2CCc3ccccc3N2)c1. The van der Waals surface area contributed by atoms with Crippen molar-refractivity contribution in [1.82, 2.24) is 9.97 Å². The summed E-state index contributed by atoms with van der Waals surface area (Å²) in [5.41, 5.74) is 3.56. The van der Waals surface area contributed by atoms with Gasteiger partial charge in [0.2, 0.25) is 0 Å². The van der Waals surface area contributed by atoms with Crippen LogP contribution in [0.15, 0.2) is 83.2 Å². The quantitative estimate of drug-likeness (QED) is 0.436. The number of anilines is 2. The van der Waals surface area contributed by atoms with E-state index in [9.17, 15) is 13.2 Å². The van der Waals surface area contributed by atoms with Crippen LogP contribution in [0, 0.1) is 0 Å². The molecule has 2 N–H and O–H groups in total. The van der Waals surface area contributed by atoms with Crippen LogP contribution >= 0.6 is 11.3 Å². The van der Waals surface area contributed by atoms with E-state index >= 15 is 0 Å². The summed E-state index contributed by atoms with van der Waals surface area (Å²) >= 11 is 1.28. The number of pyridine rings is 1. The summed E-state index contributed by atoms with van der Waals surface area (Å²) < 4.78 is 26.6. The zero-order valence-corrected chi connectivity index (χ0v) is 19.1. The first-order valence-electron chi connectivity index (χ1n) is 10.4. The Balaban J connectivity index is 1.34. The first-order valence-corrected chi connectivity index (χ1v) is 12.8. The molecule has 1 aliphatic heterocycles. The second-order valence-electron chi connectivity index (χ2n) is 7.61. The highest BCUT2D eigenvalue weighted by molar-refractivity contribution is 7.92. The summed E-state index contributed by atoms with van der Waals surface area (Å²) in [4.78, 5) is 21.6. The van der Waals surface area contributed by atoms with Gasteiger partial charge in [0.15, 0.2) is 15.0 Å². The third kappa shape index (κ3) is 4.37. The normalized spacial score (nSPS) is 15.3. The predicted octanol–water partition coefficient (Wildman–Crippen LogP) is 4.62. The Morgan fingerprint density at radius 1 is 1.03 bits per heavy atom. The molecule has 33 heavy (non-hydrogen) atoms. The van der Waals surface area contributed by atoms with Crippen molar-refractivity contribution >= 4 is 37.9 Å². The molecular formula is C24H20N4O3S2. The Hall–Kier alpha value is -3.56. The molecule has 0 spiro atoms. The van der Waals surface area contributed by atoms with Crippen LogP contribution in [0.4, 0.5) is 10.8 Å². The maximum Gasteiger partial charge on any atom is 0.257 e. The number of carbonyl (C=O) groups excluding carboxylic acids is 1. The van der Waals surface area contributed by atoms with Crippen LogP contribution in [0.1, 0.15) is 22.3 Å². The van der Waals surface area contributed by atoms with Crippen molar-refractivity contribution in [3.63, 3.8) is 0 Å². The minimum Gasteiger partial charge on any atom is -0.369 e. The summed E-state index contributed by atoms with van der Waals surface area (Å²) in [6, 6.07) is 19.3.